The molecule has 0 aliphatic rings. The Morgan fingerprint density at radius 3 is 1.14 bits per heavy atom. The number of rotatable bonds is 0. The van der Waals surface area contributed by atoms with Crippen LogP contribution in [0.4, 0.5) is 0 Å². The molecule has 0 spiro atoms. The molecule has 0 heterocycles. The van der Waals surface area contributed by atoms with E-state index in [9.17, 15) is 0 Å². The van der Waals surface area contributed by atoms with Gasteiger partial charge in [0.25, 0.3) is 0 Å². The van der Waals surface area contributed by atoms with Gasteiger partial charge in [0.15, 0.2) is 0 Å². The summed E-state index contributed by atoms with van der Waals surface area (Å²) in [6.45, 7) is 0. The van der Waals surface area contributed by atoms with Crippen molar-refractivity contribution in [1.82, 2.24) is 0 Å². The van der Waals surface area contributed by atoms with E-state index < -0.39 is 14.2 Å². The molecule has 0 aliphatic heterocycles. The van der Waals surface area contributed by atoms with Crippen LogP contribution in [0.1, 0.15) is 0 Å². The summed E-state index contributed by atoms with van der Waals surface area (Å²) in [6, 6.07) is 0. The summed E-state index contributed by atoms with van der Waals surface area (Å²) in [4.78, 5) is 0. The molecular weight excluding hydrogens is 240 g/mol. The summed E-state index contributed by atoms with van der Waals surface area (Å²) in [5.41, 5.74) is 0. The van der Waals surface area contributed by atoms with Crippen molar-refractivity contribution in [2.45, 2.75) is 0 Å². The SMILES string of the molecule is C[N-]C.[Cl][Mo]([Cl])[Cl]. The van der Waals surface area contributed by atoms with Gasteiger partial charge >= 0.3 is 42.4 Å². The zero-order valence-electron chi connectivity index (χ0n) is 3.99. The van der Waals surface area contributed by atoms with Gasteiger partial charge in [0.1, 0.15) is 0 Å². The van der Waals surface area contributed by atoms with Crippen LogP contribution in [0.25, 0.3) is 5.32 Å². The average molecular weight is 246 g/mol. The van der Waals surface area contributed by atoms with E-state index in [0.717, 1.165) is 0 Å². The molecule has 0 fully saturated rings. The summed E-state index contributed by atoms with van der Waals surface area (Å²) in [5, 5.41) is 3.50. The molecule has 0 saturated carbocycles. The van der Waals surface area contributed by atoms with Gasteiger partial charge in [-0.05, 0) is 0 Å². The normalized spacial score (nSPS) is 7.71. The molecule has 0 radical (unpaired) electrons. The maximum atomic E-state index is 4.98. The predicted molar refractivity (Wildman–Crippen MR) is 32.8 cm³/mol. The zero-order chi connectivity index (χ0) is 6.28. The van der Waals surface area contributed by atoms with Crippen LogP contribution in [0.5, 0.6) is 0 Å². The van der Waals surface area contributed by atoms with Gasteiger partial charge < -0.3 is 5.32 Å². The van der Waals surface area contributed by atoms with Gasteiger partial charge in [0, 0.05) is 0 Å². The molecule has 0 N–H and O–H groups in total. The molecule has 5 heteroatoms. The number of hydrogen-bond donors (Lipinski definition) is 0. The van der Waals surface area contributed by atoms with Crippen molar-refractivity contribution in [3.05, 3.63) is 5.32 Å². The number of nitrogens with zero attached hydrogens (tertiary/aromatic N) is 1. The zero-order valence-corrected chi connectivity index (χ0v) is 8.26. The fourth-order valence-electron chi connectivity index (χ4n) is 0. The third-order valence-electron chi connectivity index (χ3n) is 0. The van der Waals surface area contributed by atoms with Crippen LogP contribution < -0.4 is 0 Å². The maximum absolute atomic E-state index is 4.98. The Bertz CT molecular complexity index is 24.1. The molecule has 0 aromatic carbocycles. The van der Waals surface area contributed by atoms with Crippen LogP contribution in [0.3, 0.4) is 0 Å². The Labute approximate surface area is 61.7 Å². The first-order valence-electron chi connectivity index (χ1n) is 1.36. The van der Waals surface area contributed by atoms with Crippen LogP contribution in [0.2, 0.25) is 0 Å². The van der Waals surface area contributed by atoms with E-state index in [0.29, 0.717) is 0 Å². The number of hydrogen-bond acceptors (Lipinski definition) is 0. The van der Waals surface area contributed by atoms with Crippen LogP contribution in [0.15, 0.2) is 0 Å². The van der Waals surface area contributed by atoms with Gasteiger partial charge in [-0.3, -0.25) is 0 Å². The van der Waals surface area contributed by atoms with Crippen molar-refractivity contribution in [1.29, 1.82) is 0 Å². The minimum atomic E-state index is -1.94. The molecule has 7 heavy (non-hydrogen) atoms. The van der Waals surface area contributed by atoms with E-state index in [1.165, 1.54) is 0 Å². The van der Waals surface area contributed by atoms with Crippen LogP contribution >= 0.6 is 28.3 Å². The average Bonchev–Trinajstić information content (AvgIpc) is 1.33. The third kappa shape index (κ3) is 99.3. The van der Waals surface area contributed by atoms with Crippen molar-refractivity contribution in [3.63, 3.8) is 0 Å². The molecule has 0 aliphatic carbocycles. The van der Waals surface area contributed by atoms with Gasteiger partial charge in [-0.2, -0.15) is 14.1 Å². The molecule has 0 aromatic rings. The summed E-state index contributed by atoms with van der Waals surface area (Å²) in [6.07, 6.45) is 0. The van der Waals surface area contributed by atoms with Crippen molar-refractivity contribution >= 4 is 28.3 Å². The topological polar surface area (TPSA) is 14.1 Å². The molecule has 0 bridgehead atoms. The van der Waals surface area contributed by atoms with Crippen molar-refractivity contribution in [2.75, 3.05) is 14.1 Å². The first-order chi connectivity index (χ1) is 3.15. The second kappa shape index (κ2) is 10.5. The third-order valence-corrected chi connectivity index (χ3v) is 0. The predicted octanol–water partition coefficient (Wildman–Crippen LogP) is 2.69. The molecule has 0 saturated heterocycles. The summed E-state index contributed by atoms with van der Waals surface area (Å²) in [5.74, 6) is 0. The van der Waals surface area contributed by atoms with Gasteiger partial charge in [-0.25, -0.2) is 0 Å². The summed E-state index contributed by atoms with van der Waals surface area (Å²) >= 11 is -1.94. The Kier molecular flexibility index (Phi) is 17.0. The molecule has 0 aromatic heterocycles. The van der Waals surface area contributed by atoms with Crippen molar-refractivity contribution in [3.8, 4) is 0 Å². The Balaban J connectivity index is 0. The second-order valence-electron chi connectivity index (χ2n) is 0.622. The van der Waals surface area contributed by atoms with Gasteiger partial charge in [-0.1, -0.05) is 0 Å². The van der Waals surface area contributed by atoms with Gasteiger partial charge in [-0.15, -0.1) is 0 Å². The van der Waals surface area contributed by atoms with E-state index in [1.54, 1.807) is 14.1 Å². The monoisotopic (exact) mass is 247 g/mol. The second-order valence-corrected chi connectivity index (χ2v) is 9.76. The summed E-state index contributed by atoms with van der Waals surface area (Å²) < 4.78 is 0. The van der Waals surface area contributed by atoms with E-state index >= 15 is 0 Å². The van der Waals surface area contributed by atoms with Crippen molar-refractivity contribution in [2.24, 2.45) is 0 Å². The molecule has 47 valence electrons. The Hall–Kier alpha value is 1.52. The molecular formula is C2H6Cl3MoN-. The van der Waals surface area contributed by atoms with E-state index in [2.05, 4.69) is 5.32 Å². The molecule has 0 amide bonds. The molecule has 0 rings (SSSR count). The first kappa shape index (κ1) is 11.3. The van der Waals surface area contributed by atoms with Crippen molar-refractivity contribution < 1.29 is 14.2 Å². The fourth-order valence-corrected chi connectivity index (χ4v) is 0. The quantitative estimate of drug-likeness (QED) is 0.584. The summed E-state index contributed by atoms with van der Waals surface area (Å²) in [7, 11) is 18.4. The molecule has 0 unspecified atom stereocenters. The van der Waals surface area contributed by atoms with E-state index in [1.807, 2.05) is 0 Å². The van der Waals surface area contributed by atoms with Gasteiger partial charge in [0.2, 0.25) is 0 Å². The molecule has 1 nitrogen and oxygen atoms in total. The van der Waals surface area contributed by atoms with Crippen LogP contribution in [-0.4, -0.2) is 14.1 Å². The van der Waals surface area contributed by atoms with E-state index in [4.69, 9.17) is 28.3 Å². The first-order valence-corrected chi connectivity index (χ1v) is 9.11. The fraction of sp³-hybridized carbons (Fsp3) is 1.00. The molecule has 0 atom stereocenters. The van der Waals surface area contributed by atoms with Crippen LogP contribution in [-0.2, 0) is 14.2 Å². The Morgan fingerprint density at radius 1 is 1.14 bits per heavy atom. The minimum absolute atomic E-state index is 1.75. The van der Waals surface area contributed by atoms with E-state index in [-0.39, 0.29) is 0 Å². The number of halogens is 3. The van der Waals surface area contributed by atoms with Gasteiger partial charge in [0.05, 0.1) is 0 Å². The standard InChI is InChI=1S/C2H6N.3ClH.Mo/c1-3-2;;;;/h1-2H3;3*1H;/q-1;;;;+3/p-3. The van der Waals surface area contributed by atoms with Crippen LogP contribution in [0, 0.1) is 0 Å². The Morgan fingerprint density at radius 2 is 1.14 bits per heavy atom.